The highest BCUT2D eigenvalue weighted by Crippen LogP contribution is 2.35. The lowest BCUT2D eigenvalue weighted by Gasteiger charge is -2.29. The Bertz CT molecular complexity index is 499. The number of hydrogen-bond donors (Lipinski definition) is 1. The van der Waals surface area contributed by atoms with Gasteiger partial charge in [-0.2, -0.15) is 0 Å². The van der Waals surface area contributed by atoms with Gasteiger partial charge in [0.25, 0.3) is 0 Å². The number of aryl methyl sites for hydroxylation is 1. The van der Waals surface area contributed by atoms with Gasteiger partial charge >= 0.3 is 0 Å². The molecule has 1 saturated heterocycles. The largest absolute Gasteiger partial charge is 0.359 e. The second-order valence-corrected chi connectivity index (χ2v) is 6.47. The van der Waals surface area contributed by atoms with Crippen molar-refractivity contribution in [2.45, 2.75) is 64.0 Å². The molecule has 5 heteroatoms. The number of rotatable bonds is 2. The lowest BCUT2D eigenvalue weighted by atomic mass is 9.93. The summed E-state index contributed by atoms with van der Waals surface area (Å²) < 4.78 is 5.39. The predicted molar refractivity (Wildman–Crippen MR) is 79.5 cm³/mol. The van der Waals surface area contributed by atoms with Gasteiger partial charge < -0.3 is 15.2 Å². The van der Waals surface area contributed by atoms with E-state index in [1.54, 1.807) is 0 Å². The zero-order valence-electron chi connectivity index (χ0n) is 12.8. The van der Waals surface area contributed by atoms with Crippen LogP contribution in [-0.2, 0) is 4.79 Å². The van der Waals surface area contributed by atoms with Gasteiger partial charge in [-0.15, -0.1) is 0 Å². The molecule has 1 saturated carbocycles. The van der Waals surface area contributed by atoms with Gasteiger partial charge in [0, 0.05) is 18.7 Å². The van der Waals surface area contributed by atoms with E-state index in [2.05, 4.69) is 5.16 Å². The maximum Gasteiger partial charge on any atom is 0.227 e. The molecule has 1 amide bonds. The number of aromatic nitrogens is 1. The number of nitrogens with two attached hydrogens (primary N) is 1. The summed E-state index contributed by atoms with van der Waals surface area (Å²) in [5.41, 5.74) is 7.12. The number of likely N-dealkylation sites (tertiary alicyclic amines) is 1. The number of carbonyl (C=O) groups excluding carboxylic acids is 1. The Morgan fingerprint density at radius 1 is 1.29 bits per heavy atom. The van der Waals surface area contributed by atoms with E-state index in [1.807, 2.05) is 17.9 Å². The van der Waals surface area contributed by atoms with Crippen molar-refractivity contribution in [2.75, 3.05) is 6.54 Å². The summed E-state index contributed by atoms with van der Waals surface area (Å²) in [4.78, 5) is 14.9. The molecule has 1 aliphatic carbocycles. The van der Waals surface area contributed by atoms with Crippen LogP contribution in [0.15, 0.2) is 10.6 Å². The molecule has 1 aromatic heterocycles. The molecule has 2 aliphatic rings. The molecular formula is C16H25N3O2. The summed E-state index contributed by atoms with van der Waals surface area (Å²) in [7, 11) is 0. The molecule has 0 radical (unpaired) electrons. The van der Waals surface area contributed by atoms with Crippen molar-refractivity contribution in [1.82, 2.24) is 10.1 Å². The first-order valence-corrected chi connectivity index (χ1v) is 8.16. The number of amides is 1. The van der Waals surface area contributed by atoms with Crippen LogP contribution >= 0.6 is 0 Å². The first-order chi connectivity index (χ1) is 10.2. The summed E-state index contributed by atoms with van der Waals surface area (Å²) in [5.74, 6) is 1.03. The molecule has 0 spiro atoms. The summed E-state index contributed by atoms with van der Waals surface area (Å²) >= 11 is 0. The van der Waals surface area contributed by atoms with Gasteiger partial charge in [-0.1, -0.05) is 24.4 Å². The average Bonchev–Trinajstić information content (AvgIpc) is 3.05. The topological polar surface area (TPSA) is 72.4 Å². The minimum atomic E-state index is -0.0166. The summed E-state index contributed by atoms with van der Waals surface area (Å²) in [5, 5.41) is 3.96. The molecule has 5 nitrogen and oxygen atoms in total. The van der Waals surface area contributed by atoms with Crippen LogP contribution in [0.3, 0.4) is 0 Å². The standard InChI is InChI=1S/C16H25N3O2/c1-11-10-15(21-18-11)14-8-5-9-19(14)16(20)12-6-3-2-4-7-13(12)17/h10,12-14H,2-9,17H2,1H3. The van der Waals surface area contributed by atoms with E-state index in [0.717, 1.165) is 56.5 Å². The molecule has 3 unspecified atom stereocenters. The van der Waals surface area contributed by atoms with E-state index >= 15 is 0 Å². The monoisotopic (exact) mass is 291 g/mol. The lowest BCUT2D eigenvalue weighted by molar-refractivity contribution is -0.137. The molecule has 0 bridgehead atoms. The van der Waals surface area contributed by atoms with Crippen LogP contribution in [0.2, 0.25) is 0 Å². The van der Waals surface area contributed by atoms with Gasteiger partial charge in [0.2, 0.25) is 5.91 Å². The van der Waals surface area contributed by atoms with Crippen molar-refractivity contribution in [3.8, 4) is 0 Å². The van der Waals surface area contributed by atoms with E-state index in [0.29, 0.717) is 0 Å². The van der Waals surface area contributed by atoms with Crippen LogP contribution < -0.4 is 5.73 Å². The van der Waals surface area contributed by atoms with Crippen molar-refractivity contribution in [3.63, 3.8) is 0 Å². The highest BCUT2D eigenvalue weighted by molar-refractivity contribution is 5.80. The van der Waals surface area contributed by atoms with Crippen LogP contribution in [-0.4, -0.2) is 28.6 Å². The molecule has 3 rings (SSSR count). The fraction of sp³-hybridized carbons (Fsp3) is 0.750. The van der Waals surface area contributed by atoms with Crippen molar-refractivity contribution >= 4 is 5.91 Å². The Morgan fingerprint density at radius 2 is 2.10 bits per heavy atom. The van der Waals surface area contributed by atoms with Gasteiger partial charge in [0.1, 0.15) is 0 Å². The van der Waals surface area contributed by atoms with Crippen LogP contribution in [0.25, 0.3) is 0 Å². The Balaban J connectivity index is 1.76. The SMILES string of the molecule is Cc1cc(C2CCCN2C(=O)C2CCCCCC2N)on1. The summed E-state index contributed by atoms with van der Waals surface area (Å²) in [6, 6.07) is 2.01. The highest BCUT2D eigenvalue weighted by atomic mass is 16.5. The van der Waals surface area contributed by atoms with E-state index in [1.165, 1.54) is 6.42 Å². The molecule has 2 N–H and O–H groups in total. The van der Waals surface area contributed by atoms with Crippen molar-refractivity contribution in [1.29, 1.82) is 0 Å². The van der Waals surface area contributed by atoms with Gasteiger partial charge in [-0.3, -0.25) is 4.79 Å². The Morgan fingerprint density at radius 3 is 2.86 bits per heavy atom. The minimum absolute atomic E-state index is 0.0118. The summed E-state index contributed by atoms with van der Waals surface area (Å²) in [6.45, 7) is 2.72. The maximum atomic E-state index is 12.9. The van der Waals surface area contributed by atoms with Crippen LogP contribution in [0.5, 0.6) is 0 Å². The Kier molecular flexibility index (Phi) is 4.29. The molecule has 3 atom stereocenters. The van der Waals surface area contributed by atoms with E-state index in [-0.39, 0.29) is 23.9 Å². The maximum absolute atomic E-state index is 12.9. The van der Waals surface area contributed by atoms with Gasteiger partial charge in [-0.05, 0) is 32.6 Å². The smallest absolute Gasteiger partial charge is 0.227 e. The average molecular weight is 291 g/mol. The van der Waals surface area contributed by atoms with Crippen LogP contribution in [0.4, 0.5) is 0 Å². The van der Waals surface area contributed by atoms with Gasteiger partial charge in [0.15, 0.2) is 5.76 Å². The number of nitrogens with zero attached hydrogens (tertiary/aromatic N) is 2. The zero-order chi connectivity index (χ0) is 14.8. The van der Waals surface area contributed by atoms with Crippen molar-refractivity contribution in [3.05, 3.63) is 17.5 Å². The zero-order valence-corrected chi connectivity index (χ0v) is 12.8. The quantitative estimate of drug-likeness (QED) is 0.850. The van der Waals surface area contributed by atoms with Crippen molar-refractivity contribution in [2.24, 2.45) is 11.7 Å². The first-order valence-electron chi connectivity index (χ1n) is 8.16. The molecular weight excluding hydrogens is 266 g/mol. The van der Waals surface area contributed by atoms with Crippen molar-refractivity contribution < 1.29 is 9.32 Å². The second kappa shape index (κ2) is 6.18. The summed E-state index contributed by atoms with van der Waals surface area (Å²) in [6.07, 6.45) is 7.34. The molecule has 2 heterocycles. The van der Waals surface area contributed by atoms with Crippen LogP contribution in [0.1, 0.15) is 62.4 Å². The minimum Gasteiger partial charge on any atom is -0.359 e. The molecule has 2 fully saturated rings. The third-order valence-corrected chi connectivity index (χ3v) is 4.90. The van der Waals surface area contributed by atoms with Gasteiger partial charge in [0.05, 0.1) is 17.7 Å². The fourth-order valence-corrected chi connectivity index (χ4v) is 3.72. The third-order valence-electron chi connectivity index (χ3n) is 4.90. The number of hydrogen-bond acceptors (Lipinski definition) is 4. The third kappa shape index (κ3) is 2.98. The normalized spacial score (nSPS) is 30.4. The molecule has 1 aromatic rings. The van der Waals surface area contributed by atoms with E-state index in [4.69, 9.17) is 10.3 Å². The highest BCUT2D eigenvalue weighted by Gasteiger charge is 2.38. The molecule has 0 aromatic carbocycles. The molecule has 116 valence electrons. The second-order valence-electron chi connectivity index (χ2n) is 6.47. The first kappa shape index (κ1) is 14.6. The number of carbonyl (C=O) groups is 1. The van der Waals surface area contributed by atoms with E-state index in [9.17, 15) is 4.79 Å². The van der Waals surface area contributed by atoms with E-state index < -0.39 is 0 Å². The fourth-order valence-electron chi connectivity index (χ4n) is 3.72. The van der Waals surface area contributed by atoms with Crippen LogP contribution in [0, 0.1) is 12.8 Å². The van der Waals surface area contributed by atoms with Gasteiger partial charge in [-0.25, -0.2) is 0 Å². The Hall–Kier alpha value is -1.36. The lowest BCUT2D eigenvalue weighted by Crippen LogP contribution is -2.43. The molecule has 1 aliphatic heterocycles. The molecule has 21 heavy (non-hydrogen) atoms. The predicted octanol–water partition coefficient (Wildman–Crippen LogP) is 2.55. The Labute approximate surface area is 125 Å².